The predicted octanol–water partition coefficient (Wildman–Crippen LogP) is 3.91. The third-order valence-electron chi connectivity index (χ3n) is 4.46. The van der Waals surface area contributed by atoms with Crippen LogP contribution < -0.4 is 5.32 Å². The summed E-state index contributed by atoms with van der Waals surface area (Å²) in [6.45, 7) is 4.40. The molecule has 0 heterocycles. The normalized spacial score (nSPS) is 11.0. The molecule has 0 unspecified atom stereocenters. The first-order valence-electron chi connectivity index (χ1n) is 9.65. The maximum absolute atomic E-state index is 12.5. The molecule has 9 heteroatoms. The molecular weight excluding hydrogens is 413 g/mol. The number of nitrogens with zero attached hydrogens (tertiary/aromatic N) is 1. The fourth-order valence-electron chi connectivity index (χ4n) is 2.76. The summed E-state index contributed by atoms with van der Waals surface area (Å²) in [6, 6.07) is 10.4. The van der Waals surface area contributed by atoms with Crippen LogP contribution in [0.2, 0.25) is 0 Å². The molecule has 0 saturated carbocycles. The van der Waals surface area contributed by atoms with Crippen LogP contribution in [0.3, 0.4) is 0 Å². The highest BCUT2D eigenvalue weighted by atomic mass is 19.4. The maximum Gasteiger partial charge on any atom is 0.416 e. The summed E-state index contributed by atoms with van der Waals surface area (Å²) >= 11 is 0. The Morgan fingerprint density at radius 3 is 2.03 bits per heavy atom. The van der Waals surface area contributed by atoms with E-state index in [0.29, 0.717) is 29.9 Å². The number of hydrogen-bond donors (Lipinski definition) is 1. The first-order valence-corrected chi connectivity index (χ1v) is 9.65. The van der Waals surface area contributed by atoms with Gasteiger partial charge in [0.05, 0.1) is 12.0 Å². The molecule has 0 fully saturated rings. The SMILES string of the molecule is CCN(CC)C(=O)c1ccc(NC(=O)COC(=O)Cc2ccc(C(F)(F)F)cc2)cc1. The van der Waals surface area contributed by atoms with Crippen molar-refractivity contribution in [3.8, 4) is 0 Å². The molecule has 6 nitrogen and oxygen atoms in total. The smallest absolute Gasteiger partial charge is 0.416 e. The van der Waals surface area contributed by atoms with Gasteiger partial charge in [0.2, 0.25) is 0 Å². The quantitative estimate of drug-likeness (QED) is 0.637. The van der Waals surface area contributed by atoms with E-state index in [1.165, 1.54) is 12.1 Å². The summed E-state index contributed by atoms with van der Waals surface area (Å²) in [4.78, 5) is 37.7. The van der Waals surface area contributed by atoms with Gasteiger partial charge in [0.1, 0.15) is 0 Å². The van der Waals surface area contributed by atoms with E-state index in [9.17, 15) is 27.6 Å². The molecule has 0 atom stereocenters. The molecule has 0 radical (unpaired) electrons. The minimum atomic E-state index is -4.45. The van der Waals surface area contributed by atoms with Gasteiger partial charge in [-0.15, -0.1) is 0 Å². The lowest BCUT2D eigenvalue weighted by Crippen LogP contribution is -2.30. The van der Waals surface area contributed by atoms with Crippen LogP contribution in [0, 0.1) is 0 Å². The molecule has 2 amide bonds. The molecule has 0 saturated heterocycles. The average Bonchev–Trinajstić information content (AvgIpc) is 2.73. The first kappa shape index (κ1) is 23.9. The van der Waals surface area contributed by atoms with Crippen LogP contribution in [-0.4, -0.2) is 42.4 Å². The molecule has 2 aromatic rings. The zero-order valence-corrected chi connectivity index (χ0v) is 17.2. The van der Waals surface area contributed by atoms with E-state index in [1.54, 1.807) is 29.2 Å². The molecular formula is C22H23F3N2O4. The van der Waals surface area contributed by atoms with Crippen LogP contribution in [0.4, 0.5) is 18.9 Å². The third kappa shape index (κ3) is 7.13. The van der Waals surface area contributed by atoms with E-state index < -0.39 is 30.2 Å². The van der Waals surface area contributed by atoms with Gasteiger partial charge in [-0.25, -0.2) is 0 Å². The van der Waals surface area contributed by atoms with Gasteiger partial charge in [0, 0.05) is 24.3 Å². The Kier molecular flexibility index (Phi) is 8.18. The van der Waals surface area contributed by atoms with Gasteiger partial charge in [0.15, 0.2) is 6.61 Å². The fourth-order valence-corrected chi connectivity index (χ4v) is 2.76. The van der Waals surface area contributed by atoms with Crippen molar-refractivity contribution in [2.24, 2.45) is 0 Å². The lowest BCUT2D eigenvalue weighted by molar-refractivity contribution is -0.146. The van der Waals surface area contributed by atoms with Crippen molar-refractivity contribution in [3.05, 3.63) is 65.2 Å². The van der Waals surface area contributed by atoms with E-state index in [2.05, 4.69) is 5.32 Å². The maximum atomic E-state index is 12.5. The number of nitrogens with one attached hydrogen (secondary N) is 1. The van der Waals surface area contributed by atoms with Gasteiger partial charge in [-0.3, -0.25) is 14.4 Å². The zero-order valence-electron chi connectivity index (χ0n) is 17.2. The topological polar surface area (TPSA) is 75.7 Å². The number of hydrogen-bond acceptors (Lipinski definition) is 4. The third-order valence-corrected chi connectivity index (χ3v) is 4.46. The highest BCUT2D eigenvalue weighted by molar-refractivity contribution is 5.96. The molecule has 2 rings (SSSR count). The summed E-state index contributed by atoms with van der Waals surface area (Å²) < 4.78 is 42.5. The molecule has 166 valence electrons. The molecule has 31 heavy (non-hydrogen) atoms. The van der Waals surface area contributed by atoms with Crippen LogP contribution in [0.15, 0.2) is 48.5 Å². The number of alkyl halides is 3. The molecule has 0 aromatic heterocycles. The second-order valence-electron chi connectivity index (χ2n) is 6.64. The van der Waals surface area contributed by atoms with Crippen LogP contribution >= 0.6 is 0 Å². The van der Waals surface area contributed by atoms with Gasteiger partial charge in [-0.1, -0.05) is 12.1 Å². The predicted molar refractivity (Wildman–Crippen MR) is 108 cm³/mol. The molecule has 0 bridgehead atoms. The molecule has 0 aliphatic heterocycles. The molecule has 0 aliphatic carbocycles. The van der Waals surface area contributed by atoms with Crippen molar-refractivity contribution in [1.29, 1.82) is 0 Å². The second-order valence-corrected chi connectivity index (χ2v) is 6.64. The number of halogens is 3. The van der Waals surface area contributed by atoms with E-state index >= 15 is 0 Å². The van der Waals surface area contributed by atoms with Crippen LogP contribution in [0.25, 0.3) is 0 Å². The standard InChI is InChI=1S/C22H23F3N2O4/c1-3-27(4-2)21(30)16-7-11-18(12-8-16)26-19(28)14-31-20(29)13-15-5-9-17(10-6-15)22(23,24)25/h5-12H,3-4,13-14H2,1-2H3,(H,26,28). The Morgan fingerprint density at radius 2 is 1.52 bits per heavy atom. The minimum Gasteiger partial charge on any atom is -0.455 e. The number of esters is 1. The van der Waals surface area contributed by atoms with E-state index in [0.717, 1.165) is 12.1 Å². The molecule has 0 aliphatic rings. The van der Waals surface area contributed by atoms with E-state index in [-0.39, 0.29) is 12.3 Å². The van der Waals surface area contributed by atoms with Crippen molar-refractivity contribution in [1.82, 2.24) is 4.90 Å². The lowest BCUT2D eigenvalue weighted by Gasteiger charge is -2.18. The van der Waals surface area contributed by atoms with Crippen LogP contribution in [-0.2, 0) is 26.9 Å². The zero-order chi connectivity index (χ0) is 23.0. The van der Waals surface area contributed by atoms with Crippen LogP contribution in [0.1, 0.15) is 35.3 Å². The average molecular weight is 436 g/mol. The number of carbonyl (C=O) groups is 3. The molecule has 2 aromatic carbocycles. The number of carbonyl (C=O) groups excluding carboxylic acids is 3. The lowest BCUT2D eigenvalue weighted by atomic mass is 10.1. The Labute approximate surface area is 178 Å². The van der Waals surface area contributed by atoms with E-state index in [4.69, 9.17) is 4.74 Å². The number of benzene rings is 2. The first-order chi connectivity index (χ1) is 14.6. The van der Waals surface area contributed by atoms with Gasteiger partial charge in [0.25, 0.3) is 11.8 Å². The highest BCUT2D eigenvalue weighted by Crippen LogP contribution is 2.29. The van der Waals surface area contributed by atoms with Crippen molar-refractivity contribution in [3.63, 3.8) is 0 Å². The summed E-state index contributed by atoms with van der Waals surface area (Å²) in [5, 5.41) is 2.54. The Hall–Kier alpha value is -3.36. The minimum absolute atomic E-state index is 0.111. The van der Waals surface area contributed by atoms with Crippen molar-refractivity contribution in [2.45, 2.75) is 26.4 Å². The Bertz CT molecular complexity index is 906. The Morgan fingerprint density at radius 1 is 0.935 bits per heavy atom. The molecule has 0 spiro atoms. The number of rotatable bonds is 8. The summed E-state index contributed by atoms with van der Waals surface area (Å²) in [7, 11) is 0. The largest absolute Gasteiger partial charge is 0.455 e. The Balaban J connectivity index is 1.82. The summed E-state index contributed by atoms with van der Waals surface area (Å²) in [5.41, 5.74) is 0.449. The number of amides is 2. The van der Waals surface area contributed by atoms with Crippen molar-refractivity contribution in [2.75, 3.05) is 25.0 Å². The van der Waals surface area contributed by atoms with E-state index in [1.807, 2.05) is 13.8 Å². The van der Waals surface area contributed by atoms with Gasteiger partial charge in [-0.2, -0.15) is 13.2 Å². The van der Waals surface area contributed by atoms with Crippen molar-refractivity contribution < 1.29 is 32.3 Å². The fraction of sp³-hybridized carbons (Fsp3) is 0.318. The van der Waals surface area contributed by atoms with Crippen LogP contribution in [0.5, 0.6) is 0 Å². The van der Waals surface area contributed by atoms with Crippen molar-refractivity contribution >= 4 is 23.5 Å². The molecule has 1 N–H and O–H groups in total. The number of anilines is 1. The van der Waals surface area contributed by atoms with Gasteiger partial charge >= 0.3 is 12.1 Å². The summed E-state index contributed by atoms with van der Waals surface area (Å²) in [6.07, 6.45) is -4.71. The second kappa shape index (κ2) is 10.6. The monoisotopic (exact) mass is 436 g/mol. The van der Waals surface area contributed by atoms with Gasteiger partial charge in [-0.05, 0) is 55.8 Å². The van der Waals surface area contributed by atoms with Gasteiger partial charge < -0.3 is 15.0 Å². The number of ether oxygens (including phenoxy) is 1. The highest BCUT2D eigenvalue weighted by Gasteiger charge is 2.30. The summed E-state index contributed by atoms with van der Waals surface area (Å²) in [5.74, 6) is -1.43.